The predicted octanol–water partition coefficient (Wildman–Crippen LogP) is -0.0316. The zero-order chi connectivity index (χ0) is 18.5. The van der Waals surface area contributed by atoms with Gasteiger partial charge in [-0.25, -0.2) is 4.79 Å². The standard InChI is InChI=1S/C16H17N3O6S/c1-23-9-25-16(22)13-17-8-26-15-12(14(21)19(13)15)18-11(20)7-24-10-5-3-2-4-6-10/h2-6,12,15H,7-9H2,1H3,(H,18,20). The van der Waals surface area contributed by atoms with Gasteiger partial charge in [0, 0.05) is 7.11 Å². The molecule has 0 spiro atoms. The van der Waals surface area contributed by atoms with E-state index in [0.29, 0.717) is 11.6 Å². The summed E-state index contributed by atoms with van der Waals surface area (Å²) >= 11 is 1.35. The Bertz CT molecular complexity index is 726. The number of carbonyl (C=O) groups excluding carboxylic acids is 3. The Kier molecular flexibility index (Phi) is 5.74. The van der Waals surface area contributed by atoms with E-state index >= 15 is 0 Å². The molecule has 1 aromatic carbocycles. The quantitative estimate of drug-likeness (QED) is 0.403. The maximum atomic E-state index is 12.3. The molecule has 10 heteroatoms. The first-order valence-electron chi connectivity index (χ1n) is 7.74. The van der Waals surface area contributed by atoms with Crippen LogP contribution < -0.4 is 10.1 Å². The lowest BCUT2D eigenvalue weighted by molar-refractivity contribution is -0.151. The minimum absolute atomic E-state index is 0.0677. The second-order valence-corrected chi connectivity index (χ2v) is 6.44. The van der Waals surface area contributed by atoms with Crippen LogP contribution in [0.4, 0.5) is 0 Å². The van der Waals surface area contributed by atoms with E-state index in [9.17, 15) is 14.4 Å². The molecule has 1 fully saturated rings. The summed E-state index contributed by atoms with van der Waals surface area (Å²) in [6.07, 6.45) is 0. The number of nitrogens with zero attached hydrogens (tertiary/aromatic N) is 2. The summed E-state index contributed by atoms with van der Waals surface area (Å²) in [5.74, 6) is -0.781. The topological polar surface area (TPSA) is 107 Å². The van der Waals surface area contributed by atoms with Crippen LogP contribution in [0.3, 0.4) is 0 Å². The summed E-state index contributed by atoms with van der Waals surface area (Å²) in [5, 5.41) is 2.23. The number of thioether (sulfide) groups is 1. The molecule has 9 nitrogen and oxygen atoms in total. The summed E-state index contributed by atoms with van der Waals surface area (Å²) in [5.41, 5.74) is 0. The van der Waals surface area contributed by atoms with Crippen LogP contribution in [0.25, 0.3) is 0 Å². The molecule has 0 aliphatic carbocycles. The van der Waals surface area contributed by atoms with Crippen LogP contribution in [0.15, 0.2) is 35.3 Å². The number of amidine groups is 1. The third kappa shape index (κ3) is 3.81. The van der Waals surface area contributed by atoms with Crippen LogP contribution in [0.1, 0.15) is 0 Å². The number of fused-ring (bicyclic) bond motifs is 1. The number of methoxy groups -OCH3 is 1. The number of rotatable bonds is 7. The van der Waals surface area contributed by atoms with E-state index in [4.69, 9.17) is 9.47 Å². The average Bonchev–Trinajstić information content (AvgIpc) is 2.68. The van der Waals surface area contributed by atoms with Gasteiger partial charge < -0.3 is 19.5 Å². The maximum Gasteiger partial charge on any atom is 0.376 e. The van der Waals surface area contributed by atoms with Crippen molar-refractivity contribution in [3.05, 3.63) is 30.3 Å². The number of hydrogen-bond acceptors (Lipinski definition) is 8. The first-order valence-corrected chi connectivity index (χ1v) is 8.79. The molecule has 2 aliphatic rings. The fraction of sp³-hybridized carbons (Fsp3) is 0.375. The van der Waals surface area contributed by atoms with E-state index in [1.54, 1.807) is 24.3 Å². The Morgan fingerprint density at radius 1 is 1.35 bits per heavy atom. The normalized spacial score (nSPS) is 21.2. The van der Waals surface area contributed by atoms with E-state index in [-0.39, 0.29) is 19.2 Å². The largest absolute Gasteiger partial charge is 0.484 e. The molecule has 2 aliphatic heterocycles. The van der Waals surface area contributed by atoms with Crippen LogP contribution in [0, 0.1) is 0 Å². The number of carbonyl (C=O) groups is 3. The molecule has 0 saturated carbocycles. The lowest BCUT2D eigenvalue weighted by Gasteiger charge is -2.47. The molecule has 138 valence electrons. The number of amides is 2. The van der Waals surface area contributed by atoms with Crippen molar-refractivity contribution in [2.24, 2.45) is 4.99 Å². The van der Waals surface area contributed by atoms with Crippen molar-refractivity contribution in [2.45, 2.75) is 11.4 Å². The van der Waals surface area contributed by atoms with Crippen LogP contribution >= 0.6 is 11.8 Å². The minimum atomic E-state index is -0.734. The summed E-state index contributed by atoms with van der Waals surface area (Å²) in [6, 6.07) is 8.16. The molecule has 2 atom stereocenters. The lowest BCUT2D eigenvalue weighted by atomic mass is 10.1. The van der Waals surface area contributed by atoms with Crippen molar-refractivity contribution in [2.75, 3.05) is 26.4 Å². The number of esters is 1. The molecule has 2 heterocycles. The molecule has 0 radical (unpaired) electrons. The lowest BCUT2D eigenvalue weighted by Crippen LogP contribution is -2.73. The summed E-state index contributed by atoms with van der Waals surface area (Å²) in [6.45, 7) is -0.434. The highest BCUT2D eigenvalue weighted by Gasteiger charge is 2.54. The zero-order valence-corrected chi connectivity index (χ0v) is 14.7. The van der Waals surface area contributed by atoms with Gasteiger partial charge in [0.1, 0.15) is 17.2 Å². The highest BCUT2D eigenvalue weighted by Crippen LogP contribution is 2.34. The number of nitrogens with one attached hydrogen (secondary N) is 1. The highest BCUT2D eigenvalue weighted by molar-refractivity contribution is 8.00. The summed E-state index contributed by atoms with van der Waals surface area (Å²) < 4.78 is 14.9. The van der Waals surface area contributed by atoms with Gasteiger partial charge in [-0.2, -0.15) is 0 Å². The second-order valence-electron chi connectivity index (χ2n) is 5.36. The molecule has 0 aromatic heterocycles. The Morgan fingerprint density at radius 3 is 2.85 bits per heavy atom. The molecule has 0 bridgehead atoms. The van der Waals surface area contributed by atoms with Crippen LogP contribution in [-0.2, 0) is 23.9 Å². The first kappa shape index (κ1) is 18.2. The smallest absolute Gasteiger partial charge is 0.376 e. The Balaban J connectivity index is 1.54. The molecule has 2 unspecified atom stereocenters. The van der Waals surface area contributed by atoms with Crippen molar-refractivity contribution < 1.29 is 28.6 Å². The Labute approximate surface area is 153 Å². The fourth-order valence-electron chi connectivity index (χ4n) is 2.46. The van der Waals surface area contributed by atoms with Crippen molar-refractivity contribution in [1.82, 2.24) is 10.2 Å². The monoisotopic (exact) mass is 379 g/mol. The molecular weight excluding hydrogens is 362 g/mol. The third-order valence-electron chi connectivity index (χ3n) is 3.65. The molecule has 3 rings (SSSR count). The zero-order valence-electron chi connectivity index (χ0n) is 13.9. The van der Waals surface area contributed by atoms with E-state index in [2.05, 4.69) is 15.0 Å². The van der Waals surface area contributed by atoms with E-state index in [0.717, 1.165) is 0 Å². The van der Waals surface area contributed by atoms with Gasteiger partial charge >= 0.3 is 5.97 Å². The number of β-lactam (4-membered cyclic amide) rings is 1. The van der Waals surface area contributed by atoms with Crippen molar-refractivity contribution >= 4 is 35.4 Å². The number of aliphatic imine (C=N–C) groups is 1. The Hall–Kier alpha value is -2.59. The van der Waals surface area contributed by atoms with Gasteiger partial charge in [0.15, 0.2) is 13.4 Å². The van der Waals surface area contributed by atoms with E-state index < -0.39 is 29.2 Å². The van der Waals surface area contributed by atoms with Crippen LogP contribution in [0.2, 0.25) is 0 Å². The summed E-state index contributed by atoms with van der Waals surface area (Å²) in [7, 11) is 1.38. The number of para-hydroxylation sites is 1. The number of hydrogen-bond donors (Lipinski definition) is 1. The minimum Gasteiger partial charge on any atom is -0.484 e. The van der Waals surface area contributed by atoms with Gasteiger partial charge in [-0.15, -0.1) is 11.8 Å². The maximum absolute atomic E-state index is 12.3. The third-order valence-corrected chi connectivity index (χ3v) is 4.75. The van der Waals surface area contributed by atoms with Crippen molar-refractivity contribution in [1.29, 1.82) is 0 Å². The molecular formula is C16H17N3O6S. The first-order chi connectivity index (χ1) is 12.6. The van der Waals surface area contributed by atoms with Crippen molar-refractivity contribution in [3.8, 4) is 5.75 Å². The fourth-order valence-corrected chi connectivity index (χ4v) is 3.54. The van der Waals surface area contributed by atoms with Crippen LogP contribution in [0.5, 0.6) is 5.75 Å². The highest BCUT2D eigenvalue weighted by atomic mass is 32.2. The van der Waals surface area contributed by atoms with Crippen LogP contribution in [-0.4, -0.2) is 66.3 Å². The van der Waals surface area contributed by atoms with Gasteiger partial charge in [0.25, 0.3) is 11.8 Å². The second kappa shape index (κ2) is 8.19. The average molecular weight is 379 g/mol. The van der Waals surface area contributed by atoms with Gasteiger partial charge in [-0.1, -0.05) is 18.2 Å². The molecule has 2 amide bonds. The van der Waals surface area contributed by atoms with Gasteiger partial charge in [0.05, 0.1) is 5.88 Å². The molecule has 1 N–H and O–H groups in total. The van der Waals surface area contributed by atoms with Gasteiger partial charge in [-0.3, -0.25) is 19.5 Å². The van der Waals surface area contributed by atoms with Crippen molar-refractivity contribution in [3.63, 3.8) is 0 Å². The number of ether oxygens (including phenoxy) is 3. The van der Waals surface area contributed by atoms with E-state index in [1.165, 1.54) is 23.8 Å². The van der Waals surface area contributed by atoms with E-state index in [1.807, 2.05) is 6.07 Å². The van der Waals surface area contributed by atoms with Gasteiger partial charge in [-0.05, 0) is 12.1 Å². The molecule has 1 aromatic rings. The SMILES string of the molecule is COCOC(=O)C1=NCSC2C(NC(=O)COc3ccccc3)C(=O)N12. The Morgan fingerprint density at radius 2 is 2.12 bits per heavy atom. The predicted molar refractivity (Wildman–Crippen MR) is 92.4 cm³/mol. The van der Waals surface area contributed by atoms with Gasteiger partial charge in [0.2, 0.25) is 5.84 Å². The molecule has 26 heavy (non-hydrogen) atoms. The number of benzene rings is 1. The molecule has 1 saturated heterocycles. The summed E-state index contributed by atoms with van der Waals surface area (Å²) in [4.78, 5) is 41.6.